The summed E-state index contributed by atoms with van der Waals surface area (Å²) in [5.41, 5.74) is 1.18. The lowest BCUT2D eigenvalue weighted by molar-refractivity contribution is -0.115. The van der Waals surface area contributed by atoms with E-state index in [0.29, 0.717) is 12.4 Å². The summed E-state index contributed by atoms with van der Waals surface area (Å²) in [5, 5.41) is 9.37. The SMILES string of the molecule is O=C(CNC(=O)c1cccc(F)c1)Nc1ccnn1Cc1ccc(Br)cc1. The molecular formula is C19H16BrFN4O2. The van der Waals surface area contributed by atoms with E-state index >= 15 is 0 Å². The largest absolute Gasteiger partial charge is 0.343 e. The molecule has 0 unspecified atom stereocenters. The monoisotopic (exact) mass is 430 g/mol. The molecule has 0 spiro atoms. The standard InChI is InChI=1S/C19H16BrFN4O2/c20-15-6-4-13(5-7-15)12-25-17(8-9-23-25)24-18(26)11-22-19(27)14-2-1-3-16(21)10-14/h1-10H,11-12H2,(H,22,27)(H,24,26). The highest BCUT2D eigenvalue weighted by atomic mass is 79.9. The van der Waals surface area contributed by atoms with Crippen LogP contribution in [0.15, 0.2) is 65.3 Å². The number of carbonyl (C=O) groups is 2. The number of nitrogens with zero attached hydrogens (tertiary/aromatic N) is 2. The van der Waals surface area contributed by atoms with Gasteiger partial charge in [-0.3, -0.25) is 9.59 Å². The van der Waals surface area contributed by atoms with E-state index in [1.165, 1.54) is 18.2 Å². The lowest BCUT2D eigenvalue weighted by atomic mass is 10.2. The zero-order chi connectivity index (χ0) is 19.2. The fourth-order valence-electron chi connectivity index (χ4n) is 2.41. The van der Waals surface area contributed by atoms with Crippen LogP contribution in [0.4, 0.5) is 10.2 Å². The van der Waals surface area contributed by atoms with Crippen LogP contribution in [0.25, 0.3) is 0 Å². The van der Waals surface area contributed by atoms with Gasteiger partial charge in [-0.05, 0) is 35.9 Å². The smallest absolute Gasteiger partial charge is 0.251 e. The quantitative estimate of drug-likeness (QED) is 0.630. The fraction of sp³-hybridized carbons (Fsp3) is 0.105. The van der Waals surface area contributed by atoms with Crippen molar-refractivity contribution in [2.24, 2.45) is 0 Å². The molecule has 0 aliphatic rings. The van der Waals surface area contributed by atoms with Crippen LogP contribution < -0.4 is 10.6 Å². The van der Waals surface area contributed by atoms with Gasteiger partial charge in [0.1, 0.15) is 11.6 Å². The number of nitrogens with one attached hydrogen (secondary N) is 2. The van der Waals surface area contributed by atoms with Gasteiger partial charge >= 0.3 is 0 Å². The number of aromatic nitrogens is 2. The third-order valence-electron chi connectivity index (χ3n) is 3.73. The molecule has 2 aromatic carbocycles. The van der Waals surface area contributed by atoms with Gasteiger partial charge in [-0.25, -0.2) is 9.07 Å². The van der Waals surface area contributed by atoms with Crippen LogP contribution in [0.3, 0.4) is 0 Å². The number of halogens is 2. The van der Waals surface area contributed by atoms with Crippen LogP contribution in [0.5, 0.6) is 0 Å². The second-order valence-corrected chi connectivity index (χ2v) is 6.66. The number of hydrogen-bond donors (Lipinski definition) is 2. The predicted molar refractivity (Wildman–Crippen MR) is 103 cm³/mol. The molecule has 27 heavy (non-hydrogen) atoms. The number of carbonyl (C=O) groups excluding carboxylic acids is 2. The molecule has 2 amide bonds. The van der Waals surface area contributed by atoms with Crippen LogP contribution >= 0.6 is 15.9 Å². The van der Waals surface area contributed by atoms with Crippen LogP contribution in [0.2, 0.25) is 0 Å². The molecule has 1 aromatic heterocycles. The van der Waals surface area contributed by atoms with Crippen molar-refractivity contribution in [1.82, 2.24) is 15.1 Å². The van der Waals surface area contributed by atoms with Gasteiger partial charge in [0.25, 0.3) is 5.91 Å². The summed E-state index contributed by atoms with van der Waals surface area (Å²) in [6, 6.07) is 14.7. The molecule has 138 valence electrons. The second kappa shape index (κ2) is 8.59. The number of rotatable bonds is 6. The van der Waals surface area contributed by atoms with Gasteiger partial charge in [-0.2, -0.15) is 5.10 Å². The Hall–Kier alpha value is -3.00. The molecule has 0 fully saturated rings. The first kappa shape index (κ1) is 18.8. The topological polar surface area (TPSA) is 76.0 Å². The van der Waals surface area contributed by atoms with Crippen molar-refractivity contribution < 1.29 is 14.0 Å². The van der Waals surface area contributed by atoms with E-state index in [9.17, 15) is 14.0 Å². The molecule has 1 heterocycles. The average molecular weight is 431 g/mol. The molecule has 3 aromatic rings. The third-order valence-corrected chi connectivity index (χ3v) is 4.25. The molecule has 0 saturated carbocycles. The minimum atomic E-state index is -0.520. The Morgan fingerprint density at radius 3 is 2.63 bits per heavy atom. The number of anilines is 1. The lowest BCUT2D eigenvalue weighted by Gasteiger charge is -2.10. The van der Waals surface area contributed by atoms with E-state index in [4.69, 9.17) is 0 Å². The van der Waals surface area contributed by atoms with E-state index in [2.05, 4.69) is 31.7 Å². The van der Waals surface area contributed by atoms with E-state index in [1.54, 1.807) is 16.9 Å². The number of benzene rings is 2. The second-order valence-electron chi connectivity index (χ2n) is 5.74. The molecular weight excluding hydrogens is 415 g/mol. The van der Waals surface area contributed by atoms with Crippen molar-refractivity contribution in [1.29, 1.82) is 0 Å². The Morgan fingerprint density at radius 2 is 1.89 bits per heavy atom. The molecule has 0 radical (unpaired) electrons. The molecule has 0 atom stereocenters. The molecule has 8 heteroatoms. The van der Waals surface area contributed by atoms with Crippen molar-refractivity contribution in [2.45, 2.75) is 6.54 Å². The Labute approximate surface area is 163 Å². The molecule has 3 rings (SSSR count). The zero-order valence-corrected chi connectivity index (χ0v) is 15.7. The highest BCUT2D eigenvalue weighted by Crippen LogP contribution is 2.14. The Kier molecular flexibility index (Phi) is 5.97. The summed E-state index contributed by atoms with van der Waals surface area (Å²) in [6.45, 7) is 0.254. The van der Waals surface area contributed by atoms with E-state index in [1.807, 2.05) is 24.3 Å². The maximum Gasteiger partial charge on any atom is 0.251 e. The first-order chi connectivity index (χ1) is 13.0. The summed E-state index contributed by atoms with van der Waals surface area (Å²) < 4.78 is 15.8. The van der Waals surface area contributed by atoms with E-state index in [0.717, 1.165) is 16.1 Å². The average Bonchev–Trinajstić information content (AvgIpc) is 3.08. The van der Waals surface area contributed by atoms with E-state index in [-0.39, 0.29) is 12.1 Å². The minimum Gasteiger partial charge on any atom is -0.343 e. The fourth-order valence-corrected chi connectivity index (χ4v) is 2.67. The third kappa shape index (κ3) is 5.24. The van der Waals surface area contributed by atoms with Crippen LogP contribution in [-0.2, 0) is 11.3 Å². The van der Waals surface area contributed by atoms with Crippen LogP contribution in [-0.4, -0.2) is 28.1 Å². The van der Waals surface area contributed by atoms with Crippen LogP contribution in [0, 0.1) is 5.82 Å². The van der Waals surface area contributed by atoms with Gasteiger partial charge in [-0.1, -0.05) is 34.1 Å². The van der Waals surface area contributed by atoms with E-state index < -0.39 is 17.6 Å². The highest BCUT2D eigenvalue weighted by molar-refractivity contribution is 9.10. The summed E-state index contributed by atoms with van der Waals surface area (Å²) in [7, 11) is 0. The van der Waals surface area contributed by atoms with Crippen molar-refractivity contribution in [3.63, 3.8) is 0 Å². The van der Waals surface area contributed by atoms with Gasteiger partial charge in [0.2, 0.25) is 5.91 Å². The molecule has 0 aliphatic carbocycles. The number of hydrogen-bond acceptors (Lipinski definition) is 3. The molecule has 0 bridgehead atoms. The van der Waals surface area contributed by atoms with Gasteiger partial charge in [0.05, 0.1) is 19.3 Å². The van der Waals surface area contributed by atoms with Crippen molar-refractivity contribution >= 4 is 33.6 Å². The minimum absolute atomic E-state index is 0.156. The maximum absolute atomic E-state index is 13.2. The highest BCUT2D eigenvalue weighted by Gasteiger charge is 2.11. The molecule has 0 aliphatic heterocycles. The first-order valence-electron chi connectivity index (χ1n) is 8.11. The lowest BCUT2D eigenvalue weighted by Crippen LogP contribution is -2.33. The molecule has 2 N–H and O–H groups in total. The van der Waals surface area contributed by atoms with Gasteiger partial charge < -0.3 is 10.6 Å². The normalized spacial score (nSPS) is 10.4. The summed E-state index contributed by atoms with van der Waals surface area (Å²) in [5.74, 6) is -0.919. The van der Waals surface area contributed by atoms with Crippen molar-refractivity contribution in [3.05, 3.63) is 82.2 Å². The molecule has 6 nitrogen and oxygen atoms in total. The number of amides is 2. The van der Waals surface area contributed by atoms with Gasteiger partial charge in [-0.15, -0.1) is 0 Å². The van der Waals surface area contributed by atoms with Gasteiger partial charge in [0, 0.05) is 16.1 Å². The van der Waals surface area contributed by atoms with Gasteiger partial charge in [0.15, 0.2) is 0 Å². The van der Waals surface area contributed by atoms with Crippen molar-refractivity contribution in [3.8, 4) is 0 Å². The Morgan fingerprint density at radius 1 is 1.11 bits per heavy atom. The van der Waals surface area contributed by atoms with Crippen molar-refractivity contribution in [2.75, 3.05) is 11.9 Å². The molecule has 0 saturated heterocycles. The predicted octanol–water partition coefficient (Wildman–Crippen LogP) is 3.20. The summed E-state index contributed by atoms with van der Waals surface area (Å²) >= 11 is 3.39. The Bertz CT molecular complexity index is 956. The first-order valence-corrected chi connectivity index (χ1v) is 8.90. The Balaban J connectivity index is 1.56. The summed E-state index contributed by atoms with van der Waals surface area (Å²) in [6.07, 6.45) is 1.58. The zero-order valence-electron chi connectivity index (χ0n) is 14.2. The van der Waals surface area contributed by atoms with Crippen LogP contribution in [0.1, 0.15) is 15.9 Å². The summed E-state index contributed by atoms with van der Waals surface area (Å²) in [4.78, 5) is 24.1. The maximum atomic E-state index is 13.2.